The van der Waals surface area contributed by atoms with Crippen LogP contribution in [-0.4, -0.2) is 9.91 Å². The van der Waals surface area contributed by atoms with E-state index in [9.17, 15) is 14.5 Å². The van der Waals surface area contributed by atoms with Crippen LogP contribution in [0.15, 0.2) is 42.6 Å². The molecule has 0 radical (unpaired) electrons. The number of rotatable bonds is 3. The molecule has 0 bridgehead atoms. The van der Waals surface area contributed by atoms with Crippen molar-refractivity contribution in [2.75, 3.05) is 5.32 Å². The molecule has 1 N–H and O–H groups in total. The van der Waals surface area contributed by atoms with Gasteiger partial charge in [-0.2, -0.15) is 0 Å². The maximum atomic E-state index is 12.9. The second-order valence-corrected chi connectivity index (χ2v) is 3.30. The van der Waals surface area contributed by atoms with E-state index in [1.165, 1.54) is 30.5 Å². The molecule has 2 rings (SSSR count). The number of benzene rings is 1. The van der Waals surface area contributed by atoms with E-state index >= 15 is 0 Å². The average molecular weight is 233 g/mol. The third-order valence-electron chi connectivity index (χ3n) is 2.05. The van der Waals surface area contributed by atoms with Gasteiger partial charge >= 0.3 is 5.82 Å². The first-order chi connectivity index (χ1) is 8.15. The lowest BCUT2D eigenvalue weighted by Crippen LogP contribution is -1.94. The lowest BCUT2D eigenvalue weighted by Gasteiger charge is -2.04. The maximum absolute atomic E-state index is 12.9. The number of halogens is 1. The molecule has 6 heteroatoms. The summed E-state index contributed by atoms with van der Waals surface area (Å²) < 4.78 is 12.9. The summed E-state index contributed by atoms with van der Waals surface area (Å²) in [7, 11) is 0. The van der Waals surface area contributed by atoms with Gasteiger partial charge in [0.1, 0.15) is 5.82 Å². The van der Waals surface area contributed by atoms with E-state index in [4.69, 9.17) is 0 Å². The first-order valence-electron chi connectivity index (χ1n) is 4.78. The van der Waals surface area contributed by atoms with Crippen molar-refractivity contribution in [1.29, 1.82) is 0 Å². The number of hydrogen-bond acceptors (Lipinski definition) is 4. The normalized spacial score (nSPS) is 9.94. The van der Waals surface area contributed by atoms with E-state index in [-0.39, 0.29) is 11.6 Å². The molecular formula is C11H8FN3O2. The highest BCUT2D eigenvalue weighted by Gasteiger charge is 2.06. The number of hydrogen-bond donors (Lipinski definition) is 1. The topological polar surface area (TPSA) is 68.1 Å². The minimum Gasteiger partial charge on any atom is -0.358 e. The van der Waals surface area contributed by atoms with E-state index in [0.29, 0.717) is 11.4 Å². The van der Waals surface area contributed by atoms with Gasteiger partial charge in [-0.05, 0) is 34.2 Å². The van der Waals surface area contributed by atoms with E-state index < -0.39 is 4.92 Å². The van der Waals surface area contributed by atoms with Crippen LogP contribution < -0.4 is 5.32 Å². The Hall–Kier alpha value is -2.50. The number of pyridine rings is 1. The Bertz CT molecular complexity index is 543. The van der Waals surface area contributed by atoms with Gasteiger partial charge in [-0.15, -0.1) is 0 Å². The van der Waals surface area contributed by atoms with Crippen molar-refractivity contribution < 1.29 is 9.31 Å². The zero-order valence-electron chi connectivity index (χ0n) is 8.63. The van der Waals surface area contributed by atoms with Crippen molar-refractivity contribution in [3.8, 4) is 0 Å². The van der Waals surface area contributed by atoms with Crippen molar-refractivity contribution >= 4 is 17.2 Å². The van der Waals surface area contributed by atoms with Crippen LogP contribution in [-0.2, 0) is 0 Å². The van der Waals surface area contributed by atoms with Gasteiger partial charge in [0.25, 0.3) is 0 Å². The monoisotopic (exact) mass is 233 g/mol. The molecular weight excluding hydrogens is 225 g/mol. The van der Waals surface area contributed by atoms with Gasteiger partial charge in [-0.25, -0.2) is 4.39 Å². The van der Waals surface area contributed by atoms with Crippen molar-refractivity contribution in [1.82, 2.24) is 4.98 Å². The zero-order chi connectivity index (χ0) is 12.3. The SMILES string of the molecule is O=[N+]([O-])c1ccc(Nc2cccc(F)c2)cn1. The third-order valence-corrected chi connectivity index (χ3v) is 2.05. The van der Waals surface area contributed by atoms with Crippen LogP contribution in [0.25, 0.3) is 0 Å². The summed E-state index contributed by atoms with van der Waals surface area (Å²) in [6.45, 7) is 0. The summed E-state index contributed by atoms with van der Waals surface area (Å²) in [5.74, 6) is -0.584. The van der Waals surface area contributed by atoms with Gasteiger partial charge in [0.15, 0.2) is 6.20 Å². The highest BCUT2D eigenvalue weighted by molar-refractivity contribution is 5.59. The minimum atomic E-state index is -0.577. The van der Waals surface area contributed by atoms with Crippen LogP contribution in [0.5, 0.6) is 0 Å². The number of nitro groups is 1. The van der Waals surface area contributed by atoms with E-state index in [1.807, 2.05) is 0 Å². The summed E-state index contributed by atoms with van der Waals surface area (Å²) in [6.07, 6.45) is 1.32. The standard InChI is InChI=1S/C11H8FN3O2/c12-8-2-1-3-9(6-8)14-10-4-5-11(13-7-10)15(16)17/h1-7,14H. The molecule has 2 aromatic rings. The Labute approximate surface area is 96.1 Å². The van der Waals surface area contributed by atoms with Crippen LogP contribution in [0.3, 0.4) is 0 Å². The molecule has 0 atom stereocenters. The largest absolute Gasteiger partial charge is 0.363 e. The van der Waals surface area contributed by atoms with Crippen molar-refractivity contribution in [2.24, 2.45) is 0 Å². The lowest BCUT2D eigenvalue weighted by molar-refractivity contribution is -0.389. The zero-order valence-corrected chi connectivity index (χ0v) is 8.63. The van der Waals surface area contributed by atoms with Crippen molar-refractivity contribution in [3.05, 3.63) is 58.5 Å². The highest BCUT2D eigenvalue weighted by atomic mass is 19.1. The van der Waals surface area contributed by atoms with Gasteiger partial charge in [0.2, 0.25) is 0 Å². The Morgan fingerprint density at radius 2 is 2.06 bits per heavy atom. The quantitative estimate of drug-likeness (QED) is 0.653. The Morgan fingerprint density at radius 3 is 2.65 bits per heavy atom. The molecule has 0 fully saturated rings. The molecule has 0 aliphatic carbocycles. The molecule has 0 spiro atoms. The average Bonchev–Trinajstić information content (AvgIpc) is 2.29. The summed E-state index contributed by atoms with van der Waals surface area (Å²) >= 11 is 0. The fourth-order valence-corrected chi connectivity index (χ4v) is 1.30. The molecule has 0 saturated carbocycles. The molecule has 0 aliphatic heterocycles. The van der Waals surface area contributed by atoms with Crippen LogP contribution in [0, 0.1) is 15.9 Å². The van der Waals surface area contributed by atoms with Crippen LogP contribution >= 0.6 is 0 Å². The van der Waals surface area contributed by atoms with Gasteiger partial charge in [-0.3, -0.25) is 0 Å². The molecule has 17 heavy (non-hydrogen) atoms. The molecule has 1 aromatic heterocycles. The molecule has 5 nitrogen and oxygen atoms in total. The predicted octanol–water partition coefficient (Wildman–Crippen LogP) is 2.87. The smallest absolute Gasteiger partial charge is 0.358 e. The van der Waals surface area contributed by atoms with E-state index in [1.54, 1.807) is 12.1 Å². The minimum absolute atomic E-state index is 0.227. The van der Waals surface area contributed by atoms with Gasteiger partial charge < -0.3 is 15.4 Å². The van der Waals surface area contributed by atoms with Crippen molar-refractivity contribution in [2.45, 2.75) is 0 Å². The lowest BCUT2D eigenvalue weighted by atomic mass is 10.3. The maximum Gasteiger partial charge on any atom is 0.363 e. The molecule has 0 aliphatic rings. The molecule has 0 amide bonds. The Balaban J connectivity index is 2.16. The molecule has 86 valence electrons. The molecule has 1 aromatic carbocycles. The summed E-state index contributed by atoms with van der Waals surface area (Å²) in [5, 5.41) is 13.3. The first-order valence-corrected chi connectivity index (χ1v) is 4.78. The number of aromatic nitrogens is 1. The third kappa shape index (κ3) is 2.75. The van der Waals surface area contributed by atoms with Gasteiger partial charge in [-0.1, -0.05) is 6.07 Å². The Kier molecular flexibility index (Phi) is 2.95. The number of nitrogens with zero attached hydrogens (tertiary/aromatic N) is 2. The summed E-state index contributed by atoms with van der Waals surface area (Å²) in [6, 6.07) is 8.69. The number of anilines is 2. The van der Waals surface area contributed by atoms with E-state index in [0.717, 1.165) is 0 Å². The van der Waals surface area contributed by atoms with Gasteiger partial charge in [0, 0.05) is 11.8 Å². The fourth-order valence-electron chi connectivity index (χ4n) is 1.30. The molecule has 0 saturated heterocycles. The van der Waals surface area contributed by atoms with Crippen molar-refractivity contribution in [3.63, 3.8) is 0 Å². The fraction of sp³-hybridized carbons (Fsp3) is 0. The predicted molar refractivity (Wildman–Crippen MR) is 60.6 cm³/mol. The second kappa shape index (κ2) is 4.56. The number of nitrogens with one attached hydrogen (secondary N) is 1. The second-order valence-electron chi connectivity index (χ2n) is 3.30. The summed E-state index contributed by atoms with van der Waals surface area (Å²) in [4.78, 5) is 13.5. The van der Waals surface area contributed by atoms with Crippen LogP contribution in [0.1, 0.15) is 0 Å². The summed E-state index contributed by atoms with van der Waals surface area (Å²) in [5.41, 5.74) is 1.11. The highest BCUT2D eigenvalue weighted by Crippen LogP contribution is 2.18. The van der Waals surface area contributed by atoms with E-state index in [2.05, 4.69) is 10.3 Å². The van der Waals surface area contributed by atoms with Crippen LogP contribution in [0.2, 0.25) is 0 Å². The Morgan fingerprint density at radius 1 is 1.24 bits per heavy atom. The van der Waals surface area contributed by atoms with Crippen LogP contribution in [0.4, 0.5) is 21.6 Å². The first kappa shape index (κ1) is 11.0. The molecule has 0 unspecified atom stereocenters. The van der Waals surface area contributed by atoms with Gasteiger partial charge in [0.05, 0.1) is 5.69 Å². The molecule has 1 heterocycles.